The van der Waals surface area contributed by atoms with Crippen LogP contribution in [0.3, 0.4) is 0 Å². The van der Waals surface area contributed by atoms with Gasteiger partial charge in [-0.25, -0.2) is 0 Å². The lowest BCUT2D eigenvalue weighted by molar-refractivity contribution is 0.183. The van der Waals surface area contributed by atoms with Crippen molar-refractivity contribution in [3.05, 3.63) is 29.6 Å². The van der Waals surface area contributed by atoms with Gasteiger partial charge < -0.3 is 4.74 Å². The average molecular weight is 165 g/mol. The summed E-state index contributed by atoms with van der Waals surface area (Å²) < 4.78 is 5.06. The van der Waals surface area contributed by atoms with E-state index in [1.165, 1.54) is 0 Å². The number of nitrogens with zero attached hydrogens (tertiary/aromatic N) is 1. The number of methoxy groups -OCH3 is 1. The molecule has 0 aliphatic heterocycles. The molecule has 1 rings (SSSR count). The lowest BCUT2D eigenvalue weighted by Gasteiger charge is -2.09. The van der Waals surface area contributed by atoms with Gasteiger partial charge in [0.2, 0.25) is 0 Å². The Hall–Kier alpha value is -0.890. The lowest BCUT2D eigenvalue weighted by Crippen LogP contribution is -2.04. The van der Waals surface area contributed by atoms with Crippen LogP contribution in [0.25, 0.3) is 0 Å². The SMILES string of the molecule is COC[C@@H](C)c1cccc(C)n1. The zero-order valence-electron chi connectivity index (χ0n) is 7.87. The summed E-state index contributed by atoms with van der Waals surface area (Å²) >= 11 is 0. The molecule has 2 nitrogen and oxygen atoms in total. The smallest absolute Gasteiger partial charge is 0.0543 e. The monoisotopic (exact) mass is 165 g/mol. The molecule has 66 valence electrons. The van der Waals surface area contributed by atoms with Crippen molar-refractivity contribution in [3.8, 4) is 0 Å². The highest BCUT2D eigenvalue weighted by Crippen LogP contribution is 2.12. The molecule has 0 N–H and O–H groups in total. The van der Waals surface area contributed by atoms with Crippen LogP contribution in [0.4, 0.5) is 0 Å². The zero-order chi connectivity index (χ0) is 8.97. The molecule has 0 bridgehead atoms. The number of pyridine rings is 1. The summed E-state index contributed by atoms with van der Waals surface area (Å²) in [5, 5.41) is 0. The molecule has 0 radical (unpaired) electrons. The first-order chi connectivity index (χ1) is 5.74. The third kappa shape index (κ3) is 2.31. The van der Waals surface area contributed by atoms with E-state index in [0.29, 0.717) is 5.92 Å². The number of hydrogen-bond donors (Lipinski definition) is 0. The van der Waals surface area contributed by atoms with E-state index in [1.54, 1.807) is 7.11 Å². The van der Waals surface area contributed by atoms with Crippen molar-refractivity contribution in [2.75, 3.05) is 13.7 Å². The average Bonchev–Trinajstić information content (AvgIpc) is 2.05. The molecule has 2 heteroatoms. The highest BCUT2D eigenvalue weighted by atomic mass is 16.5. The second kappa shape index (κ2) is 4.21. The van der Waals surface area contributed by atoms with Gasteiger partial charge >= 0.3 is 0 Å². The van der Waals surface area contributed by atoms with Gasteiger partial charge in [0.25, 0.3) is 0 Å². The first kappa shape index (κ1) is 9.20. The molecule has 0 aliphatic carbocycles. The van der Waals surface area contributed by atoms with E-state index < -0.39 is 0 Å². The van der Waals surface area contributed by atoms with Gasteiger partial charge in [0.1, 0.15) is 0 Å². The second-order valence-electron chi connectivity index (χ2n) is 3.06. The number of ether oxygens (including phenoxy) is 1. The van der Waals surface area contributed by atoms with Crippen molar-refractivity contribution in [2.45, 2.75) is 19.8 Å². The van der Waals surface area contributed by atoms with Crippen molar-refractivity contribution >= 4 is 0 Å². The lowest BCUT2D eigenvalue weighted by atomic mass is 10.1. The molecule has 0 aromatic carbocycles. The van der Waals surface area contributed by atoms with Crippen LogP contribution in [0.5, 0.6) is 0 Å². The molecule has 0 amide bonds. The molecule has 1 heterocycles. The third-order valence-electron chi connectivity index (χ3n) is 1.83. The highest BCUT2D eigenvalue weighted by molar-refractivity contribution is 5.13. The Balaban J connectivity index is 2.73. The number of aromatic nitrogens is 1. The Morgan fingerprint density at radius 3 is 2.83 bits per heavy atom. The molecule has 0 spiro atoms. The minimum Gasteiger partial charge on any atom is -0.384 e. The molecule has 0 saturated heterocycles. The van der Waals surface area contributed by atoms with Gasteiger partial charge in [0, 0.05) is 24.4 Å². The highest BCUT2D eigenvalue weighted by Gasteiger charge is 2.05. The first-order valence-corrected chi connectivity index (χ1v) is 4.16. The summed E-state index contributed by atoms with van der Waals surface area (Å²) in [6, 6.07) is 6.07. The van der Waals surface area contributed by atoms with Crippen molar-refractivity contribution < 1.29 is 4.74 Å². The van der Waals surface area contributed by atoms with Crippen molar-refractivity contribution in [1.29, 1.82) is 0 Å². The van der Waals surface area contributed by atoms with Gasteiger partial charge in [-0.05, 0) is 19.1 Å². The molecule has 0 aliphatic rings. The normalized spacial score (nSPS) is 12.9. The van der Waals surface area contributed by atoms with E-state index in [0.717, 1.165) is 18.0 Å². The Morgan fingerprint density at radius 2 is 2.25 bits per heavy atom. The van der Waals surface area contributed by atoms with Gasteiger partial charge in [0.05, 0.1) is 6.61 Å². The molecule has 0 saturated carbocycles. The van der Waals surface area contributed by atoms with E-state index in [1.807, 2.05) is 25.1 Å². The van der Waals surface area contributed by atoms with Crippen molar-refractivity contribution in [1.82, 2.24) is 4.98 Å². The molecule has 1 aromatic heterocycles. The van der Waals surface area contributed by atoms with Crippen LogP contribution < -0.4 is 0 Å². The minimum absolute atomic E-state index is 0.384. The van der Waals surface area contributed by atoms with Crippen LogP contribution in [0, 0.1) is 6.92 Å². The van der Waals surface area contributed by atoms with Gasteiger partial charge in [-0.15, -0.1) is 0 Å². The Labute approximate surface area is 73.6 Å². The standard InChI is InChI=1S/C10H15NO/c1-8(7-12-3)10-6-4-5-9(2)11-10/h4-6,8H,7H2,1-3H3/t8-/m1/s1. The maximum Gasteiger partial charge on any atom is 0.0543 e. The molecule has 12 heavy (non-hydrogen) atoms. The summed E-state index contributed by atoms with van der Waals surface area (Å²) in [6.07, 6.45) is 0. The van der Waals surface area contributed by atoms with Crippen LogP contribution in [0.1, 0.15) is 24.2 Å². The Morgan fingerprint density at radius 1 is 1.50 bits per heavy atom. The first-order valence-electron chi connectivity index (χ1n) is 4.16. The fourth-order valence-electron chi connectivity index (χ4n) is 1.17. The summed E-state index contributed by atoms with van der Waals surface area (Å²) in [5.41, 5.74) is 2.17. The van der Waals surface area contributed by atoms with Crippen LogP contribution in [-0.2, 0) is 4.74 Å². The largest absolute Gasteiger partial charge is 0.384 e. The number of hydrogen-bond acceptors (Lipinski definition) is 2. The zero-order valence-corrected chi connectivity index (χ0v) is 7.87. The fourth-order valence-corrected chi connectivity index (χ4v) is 1.17. The molecule has 1 aromatic rings. The Kier molecular flexibility index (Phi) is 3.23. The molecular formula is C10H15NO. The van der Waals surface area contributed by atoms with Crippen LogP contribution in [-0.4, -0.2) is 18.7 Å². The predicted molar refractivity (Wildman–Crippen MR) is 49.3 cm³/mol. The van der Waals surface area contributed by atoms with Crippen LogP contribution in [0.2, 0.25) is 0 Å². The minimum atomic E-state index is 0.384. The van der Waals surface area contributed by atoms with Gasteiger partial charge in [-0.1, -0.05) is 13.0 Å². The topological polar surface area (TPSA) is 22.1 Å². The molecule has 1 atom stereocenters. The van der Waals surface area contributed by atoms with E-state index in [-0.39, 0.29) is 0 Å². The Bertz CT molecular complexity index is 247. The summed E-state index contributed by atoms with van der Waals surface area (Å²) in [6.45, 7) is 4.85. The van der Waals surface area contributed by atoms with E-state index in [9.17, 15) is 0 Å². The predicted octanol–water partition coefficient (Wildman–Crippen LogP) is 2.14. The van der Waals surface area contributed by atoms with Gasteiger partial charge in [-0.2, -0.15) is 0 Å². The molecule has 0 fully saturated rings. The van der Waals surface area contributed by atoms with E-state index in [2.05, 4.69) is 11.9 Å². The quantitative estimate of drug-likeness (QED) is 0.684. The van der Waals surface area contributed by atoms with Crippen LogP contribution in [0.15, 0.2) is 18.2 Å². The van der Waals surface area contributed by atoms with E-state index >= 15 is 0 Å². The fraction of sp³-hybridized carbons (Fsp3) is 0.500. The maximum absolute atomic E-state index is 5.06. The number of aryl methyl sites for hydroxylation is 1. The van der Waals surface area contributed by atoms with E-state index in [4.69, 9.17) is 4.74 Å². The van der Waals surface area contributed by atoms with Gasteiger partial charge in [0.15, 0.2) is 0 Å². The second-order valence-corrected chi connectivity index (χ2v) is 3.06. The van der Waals surface area contributed by atoms with Crippen molar-refractivity contribution in [3.63, 3.8) is 0 Å². The van der Waals surface area contributed by atoms with Gasteiger partial charge in [-0.3, -0.25) is 4.98 Å². The molecule has 0 unspecified atom stereocenters. The summed E-state index contributed by atoms with van der Waals surface area (Å²) in [4.78, 5) is 4.41. The third-order valence-corrected chi connectivity index (χ3v) is 1.83. The molecular weight excluding hydrogens is 150 g/mol. The summed E-state index contributed by atoms with van der Waals surface area (Å²) in [5.74, 6) is 0.384. The van der Waals surface area contributed by atoms with Crippen LogP contribution >= 0.6 is 0 Å². The maximum atomic E-state index is 5.06. The summed E-state index contributed by atoms with van der Waals surface area (Å²) in [7, 11) is 1.71. The van der Waals surface area contributed by atoms with Crippen molar-refractivity contribution in [2.24, 2.45) is 0 Å². The number of rotatable bonds is 3.